The Morgan fingerprint density at radius 2 is 1.62 bits per heavy atom. The smallest absolute Gasteiger partial charge is 0.354 e. The molecule has 96 valence electrons. The highest BCUT2D eigenvalue weighted by atomic mass is 19.4. The van der Waals surface area contributed by atoms with Crippen LogP contribution in [0.2, 0.25) is 0 Å². The van der Waals surface area contributed by atoms with Gasteiger partial charge in [0.1, 0.15) is 6.61 Å². The van der Waals surface area contributed by atoms with E-state index in [2.05, 4.69) is 4.74 Å². The number of ether oxygens (including phenoxy) is 1. The first-order chi connectivity index (χ1) is 6.86. The molecule has 2 atom stereocenters. The second-order valence-corrected chi connectivity index (χ2v) is 3.54. The maximum atomic E-state index is 13.1. The predicted molar refractivity (Wildman–Crippen MR) is 36.0 cm³/mol. The Morgan fingerprint density at radius 1 is 1.19 bits per heavy atom. The largest absolute Gasteiger partial charge is 0.449 e. The van der Waals surface area contributed by atoms with Crippen LogP contribution in [0.25, 0.3) is 0 Å². The summed E-state index contributed by atoms with van der Waals surface area (Å²) in [6, 6.07) is 0. The van der Waals surface area contributed by atoms with Crippen LogP contribution in [0, 0.1) is 5.92 Å². The molecule has 0 aromatic carbocycles. The summed E-state index contributed by atoms with van der Waals surface area (Å²) in [5.41, 5.74) is 0. The molecule has 2 nitrogen and oxygen atoms in total. The maximum absolute atomic E-state index is 13.1. The minimum atomic E-state index is -5.86. The van der Waals surface area contributed by atoms with Crippen LogP contribution < -0.4 is 0 Å². The van der Waals surface area contributed by atoms with E-state index in [-0.39, 0.29) is 6.92 Å². The minimum absolute atomic E-state index is 0.221. The lowest BCUT2D eigenvalue weighted by molar-refractivity contribution is -0.474. The van der Waals surface area contributed by atoms with Gasteiger partial charge >= 0.3 is 17.9 Å². The molecule has 0 amide bonds. The van der Waals surface area contributed by atoms with Crippen LogP contribution >= 0.6 is 0 Å². The molecule has 1 aliphatic rings. The van der Waals surface area contributed by atoms with E-state index in [4.69, 9.17) is 5.11 Å². The third-order valence-corrected chi connectivity index (χ3v) is 2.49. The topological polar surface area (TPSA) is 29.5 Å². The van der Waals surface area contributed by atoms with Gasteiger partial charge in [0.15, 0.2) is 0 Å². The fourth-order valence-electron chi connectivity index (χ4n) is 1.25. The van der Waals surface area contributed by atoms with Gasteiger partial charge in [-0.15, -0.1) is 0 Å². The lowest BCUT2D eigenvalue weighted by Gasteiger charge is -2.46. The summed E-state index contributed by atoms with van der Waals surface area (Å²) in [4.78, 5) is 0. The number of aliphatic hydroxyl groups is 1. The second kappa shape index (κ2) is 3.22. The van der Waals surface area contributed by atoms with Crippen LogP contribution in [0.3, 0.4) is 0 Å². The van der Waals surface area contributed by atoms with Crippen molar-refractivity contribution >= 4 is 0 Å². The molecule has 0 radical (unpaired) electrons. The molecule has 1 saturated heterocycles. The molecule has 1 aliphatic heterocycles. The Bertz CT molecular complexity index is 287. The Balaban J connectivity index is 3.20. The van der Waals surface area contributed by atoms with Crippen LogP contribution in [0.5, 0.6) is 0 Å². The average Bonchev–Trinajstić information content (AvgIpc) is 2.08. The Kier molecular flexibility index (Phi) is 2.72. The molecule has 1 N–H and O–H groups in total. The van der Waals surface area contributed by atoms with Gasteiger partial charge in [-0.1, -0.05) is 6.92 Å². The fourth-order valence-corrected chi connectivity index (χ4v) is 1.25. The zero-order valence-corrected chi connectivity index (χ0v) is 7.79. The molecule has 0 spiro atoms. The van der Waals surface area contributed by atoms with Crippen molar-refractivity contribution in [2.75, 3.05) is 6.61 Å². The van der Waals surface area contributed by atoms with Gasteiger partial charge in [0.05, 0.1) is 5.92 Å². The van der Waals surface area contributed by atoms with E-state index in [0.717, 1.165) is 0 Å². The molecule has 0 aliphatic carbocycles. The zero-order chi connectivity index (χ0) is 13.0. The standard InChI is InChI=1S/C7H7F7O2/c1-3-4(8,9)2-16-6(15,5(3,10)11)7(12,13)14/h3,15H,2H2,1H3/t3-,6?/m1/s1. The summed E-state index contributed by atoms with van der Waals surface area (Å²) >= 11 is 0. The third kappa shape index (κ3) is 1.56. The molecule has 16 heavy (non-hydrogen) atoms. The van der Waals surface area contributed by atoms with Crippen molar-refractivity contribution in [1.29, 1.82) is 0 Å². The van der Waals surface area contributed by atoms with E-state index in [0.29, 0.717) is 0 Å². The van der Waals surface area contributed by atoms with Crippen molar-refractivity contribution < 1.29 is 40.6 Å². The quantitative estimate of drug-likeness (QED) is 0.673. The van der Waals surface area contributed by atoms with Crippen molar-refractivity contribution in [3.8, 4) is 0 Å². The summed E-state index contributed by atoms with van der Waals surface area (Å²) in [7, 11) is 0. The van der Waals surface area contributed by atoms with Gasteiger partial charge in [0.25, 0.3) is 5.92 Å². The molecule has 0 bridgehead atoms. The van der Waals surface area contributed by atoms with E-state index in [1.165, 1.54) is 0 Å². The first-order valence-corrected chi connectivity index (χ1v) is 4.05. The predicted octanol–water partition coefficient (Wildman–Crippen LogP) is 2.17. The first kappa shape index (κ1) is 13.5. The number of rotatable bonds is 0. The molecule has 0 aromatic rings. The monoisotopic (exact) mass is 256 g/mol. The van der Waals surface area contributed by atoms with Crippen LogP contribution in [0.15, 0.2) is 0 Å². The zero-order valence-electron chi connectivity index (χ0n) is 7.79. The van der Waals surface area contributed by atoms with Crippen LogP contribution in [0.1, 0.15) is 6.92 Å². The fraction of sp³-hybridized carbons (Fsp3) is 1.00. The SMILES string of the molecule is C[C@@H]1C(F)(F)COC(O)(C(F)(F)F)C1(F)F. The summed E-state index contributed by atoms with van der Waals surface area (Å²) in [5, 5.41) is 8.71. The molecule has 1 heterocycles. The molecular formula is C7H7F7O2. The molecule has 0 aromatic heterocycles. The summed E-state index contributed by atoms with van der Waals surface area (Å²) in [6.07, 6.45) is -5.86. The van der Waals surface area contributed by atoms with Gasteiger partial charge in [-0.05, 0) is 0 Å². The molecule has 1 unspecified atom stereocenters. The van der Waals surface area contributed by atoms with Crippen molar-refractivity contribution in [3.63, 3.8) is 0 Å². The maximum Gasteiger partial charge on any atom is 0.449 e. The first-order valence-electron chi connectivity index (χ1n) is 4.05. The second-order valence-electron chi connectivity index (χ2n) is 3.54. The minimum Gasteiger partial charge on any atom is -0.354 e. The van der Waals surface area contributed by atoms with E-state index in [1.807, 2.05) is 0 Å². The Labute approximate surface area is 85.0 Å². The van der Waals surface area contributed by atoms with Crippen LogP contribution in [0.4, 0.5) is 30.7 Å². The number of halogens is 7. The van der Waals surface area contributed by atoms with Crippen LogP contribution in [-0.4, -0.2) is 35.5 Å². The van der Waals surface area contributed by atoms with Crippen molar-refractivity contribution in [2.24, 2.45) is 5.92 Å². The Morgan fingerprint density at radius 3 is 2.00 bits per heavy atom. The van der Waals surface area contributed by atoms with Gasteiger partial charge in [0.2, 0.25) is 0 Å². The van der Waals surface area contributed by atoms with Gasteiger partial charge in [-0.2, -0.15) is 22.0 Å². The lowest BCUT2D eigenvalue weighted by Crippen LogP contribution is -2.70. The lowest BCUT2D eigenvalue weighted by atomic mass is 9.87. The van der Waals surface area contributed by atoms with E-state index < -0.39 is 36.3 Å². The highest BCUT2D eigenvalue weighted by Gasteiger charge is 2.78. The van der Waals surface area contributed by atoms with E-state index in [1.54, 1.807) is 0 Å². The molecule has 9 heteroatoms. The Hall–Kier alpha value is -0.570. The van der Waals surface area contributed by atoms with Crippen LogP contribution in [-0.2, 0) is 4.74 Å². The highest BCUT2D eigenvalue weighted by Crippen LogP contribution is 2.54. The van der Waals surface area contributed by atoms with Crippen molar-refractivity contribution in [2.45, 2.75) is 30.7 Å². The molecule has 1 rings (SSSR count). The molecular weight excluding hydrogens is 249 g/mol. The van der Waals surface area contributed by atoms with Crippen molar-refractivity contribution in [1.82, 2.24) is 0 Å². The molecule has 0 saturated carbocycles. The number of hydrogen-bond donors (Lipinski definition) is 1. The van der Waals surface area contributed by atoms with Gasteiger partial charge < -0.3 is 9.84 Å². The average molecular weight is 256 g/mol. The van der Waals surface area contributed by atoms with Gasteiger partial charge in [-0.3, -0.25) is 0 Å². The third-order valence-electron chi connectivity index (χ3n) is 2.49. The summed E-state index contributed by atoms with van der Waals surface area (Å²) in [5.74, 6) is -17.1. The van der Waals surface area contributed by atoms with Gasteiger partial charge in [0, 0.05) is 0 Å². The number of alkyl halides is 7. The van der Waals surface area contributed by atoms with E-state index in [9.17, 15) is 30.7 Å². The summed E-state index contributed by atoms with van der Waals surface area (Å²) in [6.45, 7) is -1.70. The normalized spacial score (nSPS) is 38.4. The summed E-state index contributed by atoms with van der Waals surface area (Å²) < 4.78 is 91.3. The molecule has 1 fully saturated rings. The van der Waals surface area contributed by atoms with Gasteiger partial charge in [-0.25, -0.2) is 8.78 Å². The van der Waals surface area contributed by atoms with Crippen molar-refractivity contribution in [3.05, 3.63) is 0 Å². The van der Waals surface area contributed by atoms with E-state index >= 15 is 0 Å². The highest BCUT2D eigenvalue weighted by molar-refractivity contribution is 5.02. The number of hydrogen-bond acceptors (Lipinski definition) is 2.